The first kappa shape index (κ1) is 18.6. The Morgan fingerprint density at radius 2 is 1.85 bits per heavy atom. The maximum Gasteiger partial charge on any atom is 0.434 e. The van der Waals surface area contributed by atoms with Gasteiger partial charge in [0.05, 0.1) is 29.6 Å². The Balaban J connectivity index is 1.94. The van der Waals surface area contributed by atoms with Crippen LogP contribution in [0, 0.1) is 0 Å². The van der Waals surface area contributed by atoms with Crippen LogP contribution in [0.15, 0.2) is 48.7 Å². The molecule has 3 aromatic rings. The highest BCUT2D eigenvalue weighted by molar-refractivity contribution is 7.18. The summed E-state index contributed by atoms with van der Waals surface area (Å²) in [5.74, 6) is -1.59. The molecule has 0 fully saturated rings. The van der Waals surface area contributed by atoms with Crippen molar-refractivity contribution in [3.8, 4) is 5.69 Å². The molecular weight excluding hydrogens is 383 g/mol. The number of carbonyl (C=O) groups excluding carboxylic acids is 2. The minimum Gasteiger partial charge on any atom is -0.465 e. The smallest absolute Gasteiger partial charge is 0.434 e. The Bertz CT molecular complexity index is 980. The summed E-state index contributed by atoms with van der Waals surface area (Å²) < 4.78 is 46.0. The number of carbonyl (C=O) groups is 2. The number of methoxy groups -OCH3 is 1. The number of halogens is 3. The number of hydrogen-bond acceptors (Lipinski definition) is 5. The first-order valence-electron chi connectivity index (χ1n) is 7.51. The molecule has 0 saturated carbocycles. The summed E-state index contributed by atoms with van der Waals surface area (Å²) >= 11 is 0.890. The van der Waals surface area contributed by atoms with Gasteiger partial charge in [0.15, 0.2) is 5.69 Å². The summed E-state index contributed by atoms with van der Waals surface area (Å²) in [4.78, 5) is 24.1. The summed E-state index contributed by atoms with van der Waals surface area (Å²) in [6.45, 7) is 0. The van der Waals surface area contributed by atoms with Gasteiger partial charge < -0.3 is 10.1 Å². The number of hydrogen-bond donors (Lipinski definition) is 1. The van der Waals surface area contributed by atoms with E-state index in [1.165, 1.54) is 31.4 Å². The third-order valence-electron chi connectivity index (χ3n) is 3.51. The SMILES string of the molecule is COC(=O)c1ccc(NC(=O)c2cnn(-c3ccccc3)c2C(F)(F)F)s1. The fraction of sp³-hybridized carbons (Fsp3) is 0.118. The predicted octanol–water partition coefficient (Wildman–Crippen LogP) is 3.99. The number of nitrogens with zero attached hydrogens (tertiary/aromatic N) is 2. The van der Waals surface area contributed by atoms with Crippen LogP contribution < -0.4 is 5.32 Å². The Hall–Kier alpha value is -3.14. The average Bonchev–Trinajstić information content (AvgIpc) is 3.28. The molecule has 3 rings (SSSR count). The van der Waals surface area contributed by atoms with Crippen LogP contribution in [-0.2, 0) is 10.9 Å². The molecule has 0 atom stereocenters. The number of rotatable bonds is 4. The number of anilines is 1. The van der Waals surface area contributed by atoms with Crippen LogP contribution in [0.2, 0.25) is 0 Å². The summed E-state index contributed by atoms with van der Waals surface area (Å²) in [6.07, 6.45) is -3.94. The molecule has 1 aromatic carbocycles. The highest BCUT2D eigenvalue weighted by Gasteiger charge is 2.40. The molecule has 0 bridgehead atoms. The van der Waals surface area contributed by atoms with E-state index >= 15 is 0 Å². The first-order chi connectivity index (χ1) is 12.8. The second-order valence-electron chi connectivity index (χ2n) is 5.26. The quantitative estimate of drug-likeness (QED) is 0.678. The number of amides is 1. The van der Waals surface area contributed by atoms with E-state index < -0.39 is 29.3 Å². The van der Waals surface area contributed by atoms with E-state index in [2.05, 4.69) is 15.2 Å². The van der Waals surface area contributed by atoms with Crippen molar-refractivity contribution in [2.45, 2.75) is 6.18 Å². The van der Waals surface area contributed by atoms with Crippen molar-refractivity contribution >= 4 is 28.2 Å². The van der Waals surface area contributed by atoms with Gasteiger partial charge in [-0.05, 0) is 24.3 Å². The van der Waals surface area contributed by atoms with Gasteiger partial charge in [0.25, 0.3) is 5.91 Å². The number of nitrogens with one attached hydrogen (secondary N) is 1. The van der Waals surface area contributed by atoms with Crippen LogP contribution >= 0.6 is 11.3 Å². The fourth-order valence-electron chi connectivity index (χ4n) is 2.35. The molecule has 0 unspecified atom stereocenters. The van der Waals surface area contributed by atoms with Crippen molar-refractivity contribution in [1.29, 1.82) is 0 Å². The number of esters is 1. The minimum absolute atomic E-state index is 0.174. The topological polar surface area (TPSA) is 73.2 Å². The molecule has 0 saturated heterocycles. The zero-order chi connectivity index (χ0) is 19.6. The van der Waals surface area contributed by atoms with Gasteiger partial charge in [-0.1, -0.05) is 18.2 Å². The lowest BCUT2D eigenvalue weighted by Crippen LogP contribution is -2.20. The predicted molar refractivity (Wildman–Crippen MR) is 92.2 cm³/mol. The molecule has 2 heterocycles. The van der Waals surface area contributed by atoms with E-state index in [1.807, 2.05) is 0 Å². The van der Waals surface area contributed by atoms with Gasteiger partial charge >= 0.3 is 12.1 Å². The molecule has 0 radical (unpaired) electrons. The Labute approximate surface area is 155 Å². The third kappa shape index (κ3) is 3.85. The molecule has 140 valence electrons. The highest BCUT2D eigenvalue weighted by Crippen LogP contribution is 2.34. The average molecular weight is 395 g/mol. The van der Waals surface area contributed by atoms with E-state index in [-0.39, 0.29) is 15.6 Å². The summed E-state index contributed by atoms with van der Waals surface area (Å²) in [5.41, 5.74) is -1.64. The van der Waals surface area contributed by atoms with Crippen LogP contribution in [0.5, 0.6) is 0 Å². The lowest BCUT2D eigenvalue weighted by atomic mass is 10.2. The van der Waals surface area contributed by atoms with Gasteiger partial charge in [0.1, 0.15) is 4.88 Å². The van der Waals surface area contributed by atoms with Crippen molar-refractivity contribution < 1.29 is 27.5 Å². The number of thiophene rings is 1. The number of benzene rings is 1. The second kappa shape index (κ2) is 7.23. The number of alkyl halides is 3. The first-order valence-corrected chi connectivity index (χ1v) is 8.33. The molecule has 0 aliphatic carbocycles. The molecule has 27 heavy (non-hydrogen) atoms. The van der Waals surface area contributed by atoms with E-state index in [0.717, 1.165) is 17.5 Å². The molecule has 0 spiro atoms. The molecule has 10 heteroatoms. The zero-order valence-corrected chi connectivity index (χ0v) is 14.6. The molecular formula is C17H12F3N3O3S. The van der Waals surface area contributed by atoms with E-state index in [9.17, 15) is 22.8 Å². The van der Waals surface area contributed by atoms with Crippen molar-refractivity contribution in [1.82, 2.24) is 9.78 Å². The van der Waals surface area contributed by atoms with Gasteiger partial charge in [0, 0.05) is 0 Å². The molecule has 0 aliphatic rings. The normalized spacial score (nSPS) is 11.3. The molecule has 0 aliphatic heterocycles. The monoisotopic (exact) mass is 395 g/mol. The zero-order valence-electron chi connectivity index (χ0n) is 13.8. The van der Waals surface area contributed by atoms with Crippen molar-refractivity contribution in [2.75, 3.05) is 12.4 Å². The van der Waals surface area contributed by atoms with Crippen molar-refractivity contribution in [2.24, 2.45) is 0 Å². The standard InChI is InChI=1S/C17H12F3N3O3S/c1-26-16(25)12-7-8-13(27-12)22-15(24)11-9-21-23(14(11)17(18,19)20)10-5-3-2-4-6-10/h2-9H,1H3,(H,22,24). The molecule has 1 N–H and O–H groups in total. The van der Waals surface area contributed by atoms with Crippen LogP contribution in [0.1, 0.15) is 25.7 Å². The maximum atomic E-state index is 13.6. The van der Waals surface area contributed by atoms with Crippen LogP contribution in [-0.4, -0.2) is 28.8 Å². The van der Waals surface area contributed by atoms with E-state index in [4.69, 9.17) is 0 Å². The number of aromatic nitrogens is 2. The Morgan fingerprint density at radius 3 is 2.48 bits per heavy atom. The van der Waals surface area contributed by atoms with Crippen LogP contribution in [0.25, 0.3) is 5.69 Å². The largest absolute Gasteiger partial charge is 0.465 e. The van der Waals surface area contributed by atoms with E-state index in [1.54, 1.807) is 18.2 Å². The fourth-order valence-corrected chi connectivity index (χ4v) is 3.17. The number of para-hydroxylation sites is 1. The Kier molecular flexibility index (Phi) is 5.00. The van der Waals surface area contributed by atoms with Crippen molar-refractivity contribution in [3.63, 3.8) is 0 Å². The van der Waals surface area contributed by atoms with Crippen LogP contribution in [0.3, 0.4) is 0 Å². The second-order valence-corrected chi connectivity index (χ2v) is 6.35. The molecule has 6 nitrogen and oxygen atoms in total. The summed E-state index contributed by atoms with van der Waals surface area (Å²) in [6, 6.07) is 10.5. The summed E-state index contributed by atoms with van der Waals surface area (Å²) in [5, 5.41) is 6.29. The van der Waals surface area contributed by atoms with Gasteiger partial charge in [-0.25, -0.2) is 9.48 Å². The minimum atomic E-state index is -4.80. The highest BCUT2D eigenvalue weighted by atomic mass is 32.1. The Morgan fingerprint density at radius 1 is 1.15 bits per heavy atom. The van der Waals surface area contributed by atoms with Crippen molar-refractivity contribution in [3.05, 3.63) is 64.8 Å². The molecule has 1 amide bonds. The van der Waals surface area contributed by atoms with Gasteiger partial charge in [-0.2, -0.15) is 18.3 Å². The third-order valence-corrected chi connectivity index (χ3v) is 4.49. The maximum absolute atomic E-state index is 13.6. The number of ether oxygens (including phenoxy) is 1. The van der Waals surface area contributed by atoms with Crippen LogP contribution in [0.4, 0.5) is 18.2 Å². The molecule has 2 aromatic heterocycles. The lowest BCUT2D eigenvalue weighted by molar-refractivity contribution is -0.143. The van der Waals surface area contributed by atoms with Gasteiger partial charge in [-0.3, -0.25) is 4.79 Å². The summed E-state index contributed by atoms with van der Waals surface area (Å²) in [7, 11) is 1.20. The van der Waals surface area contributed by atoms with E-state index in [0.29, 0.717) is 4.68 Å². The lowest BCUT2D eigenvalue weighted by Gasteiger charge is -2.12. The van der Waals surface area contributed by atoms with Gasteiger partial charge in [-0.15, -0.1) is 11.3 Å². The van der Waals surface area contributed by atoms with Gasteiger partial charge in [0.2, 0.25) is 0 Å².